The molecule has 0 aromatic heterocycles. The van der Waals surface area contributed by atoms with Crippen LogP contribution in [0.3, 0.4) is 0 Å². The van der Waals surface area contributed by atoms with Crippen molar-refractivity contribution in [3.63, 3.8) is 0 Å². The zero-order chi connectivity index (χ0) is 10.6. The third-order valence-corrected chi connectivity index (χ3v) is 1.88. The maximum absolute atomic E-state index is 10.4. The Hall–Kier alpha value is -1.17. The van der Waals surface area contributed by atoms with E-state index in [-0.39, 0.29) is 12.8 Å². The summed E-state index contributed by atoms with van der Waals surface area (Å²) in [4.78, 5) is 20.3. The fourth-order valence-corrected chi connectivity index (χ4v) is 0.723. The molecule has 0 fully saturated rings. The van der Waals surface area contributed by atoms with Crippen molar-refractivity contribution in [3.8, 4) is 0 Å². The topological polar surface area (TPSA) is 106 Å². The average molecular weight is 190 g/mol. The molecule has 0 bridgehead atoms. The minimum absolute atomic E-state index is 0.114. The fourth-order valence-electron chi connectivity index (χ4n) is 0.723. The van der Waals surface area contributed by atoms with Crippen molar-refractivity contribution in [2.45, 2.75) is 38.3 Å². The van der Waals surface area contributed by atoms with Gasteiger partial charge in [0.1, 0.15) is 6.04 Å². The number of nitrogens with zero attached hydrogens (tertiary/aromatic N) is 1. The first kappa shape index (κ1) is 11.8. The third kappa shape index (κ3) is 3.84. The van der Waals surface area contributed by atoms with Gasteiger partial charge < -0.3 is 10.8 Å². The summed E-state index contributed by atoms with van der Waals surface area (Å²) in [6.07, 6.45) is 0.275. The van der Waals surface area contributed by atoms with Crippen molar-refractivity contribution in [3.05, 3.63) is 10.1 Å². The first-order chi connectivity index (χ1) is 5.77. The van der Waals surface area contributed by atoms with Crippen LogP contribution >= 0.6 is 0 Å². The number of hydrogen-bond acceptors (Lipinski definition) is 4. The van der Waals surface area contributed by atoms with Gasteiger partial charge in [0, 0.05) is 25.2 Å². The lowest BCUT2D eigenvalue weighted by Gasteiger charge is -2.16. The van der Waals surface area contributed by atoms with Crippen LogP contribution < -0.4 is 5.73 Å². The lowest BCUT2D eigenvalue weighted by atomic mass is 9.97. The molecule has 6 nitrogen and oxygen atoms in total. The van der Waals surface area contributed by atoms with Gasteiger partial charge in [-0.05, 0) is 6.42 Å². The van der Waals surface area contributed by atoms with Gasteiger partial charge in [-0.15, -0.1) is 0 Å². The SMILES string of the molecule is CC(C)(CCC(N)C(=O)O)[N+](=O)[O-]. The van der Waals surface area contributed by atoms with Crippen molar-refractivity contribution in [2.75, 3.05) is 0 Å². The van der Waals surface area contributed by atoms with Crippen LogP contribution in [0.5, 0.6) is 0 Å². The molecular formula is C7H14N2O4. The Labute approximate surface area is 75.9 Å². The summed E-state index contributed by atoms with van der Waals surface area (Å²) in [6, 6.07) is -1.01. The highest BCUT2D eigenvalue weighted by molar-refractivity contribution is 5.72. The molecule has 1 atom stereocenters. The number of nitro groups is 1. The molecule has 6 heteroatoms. The minimum Gasteiger partial charge on any atom is -0.480 e. The molecule has 0 saturated carbocycles. The third-order valence-electron chi connectivity index (χ3n) is 1.88. The number of hydrogen-bond donors (Lipinski definition) is 2. The van der Waals surface area contributed by atoms with Gasteiger partial charge in [0.15, 0.2) is 0 Å². The Balaban J connectivity index is 4.02. The molecule has 0 aromatic rings. The summed E-state index contributed by atoms with van der Waals surface area (Å²) in [6.45, 7) is 2.89. The molecule has 76 valence electrons. The molecular weight excluding hydrogens is 176 g/mol. The molecule has 0 rings (SSSR count). The molecule has 0 aliphatic rings. The maximum atomic E-state index is 10.4. The number of rotatable bonds is 5. The Morgan fingerprint density at radius 3 is 2.46 bits per heavy atom. The first-order valence-corrected chi connectivity index (χ1v) is 3.90. The molecule has 0 heterocycles. The molecule has 0 aliphatic carbocycles. The van der Waals surface area contributed by atoms with Gasteiger partial charge in [-0.3, -0.25) is 14.9 Å². The van der Waals surface area contributed by atoms with Crippen LogP contribution in [0, 0.1) is 10.1 Å². The highest BCUT2D eigenvalue weighted by Gasteiger charge is 2.31. The van der Waals surface area contributed by atoms with Gasteiger partial charge in [0.2, 0.25) is 5.54 Å². The summed E-state index contributed by atoms with van der Waals surface area (Å²) >= 11 is 0. The van der Waals surface area contributed by atoms with Crippen molar-refractivity contribution >= 4 is 5.97 Å². The maximum Gasteiger partial charge on any atom is 0.320 e. The van der Waals surface area contributed by atoms with Crippen LogP contribution in [0.15, 0.2) is 0 Å². The second-order valence-corrected chi connectivity index (χ2v) is 3.55. The second kappa shape index (κ2) is 4.18. The predicted octanol–water partition coefficient (Wildman–Crippen LogP) is 0.234. The van der Waals surface area contributed by atoms with E-state index in [1.807, 2.05) is 0 Å². The number of carboxylic acid groups (broad SMARTS) is 1. The molecule has 0 saturated heterocycles. The van der Waals surface area contributed by atoms with Crippen LogP contribution in [-0.4, -0.2) is 27.6 Å². The van der Waals surface area contributed by atoms with Gasteiger partial charge in [-0.1, -0.05) is 0 Å². The van der Waals surface area contributed by atoms with E-state index >= 15 is 0 Å². The lowest BCUT2D eigenvalue weighted by molar-refractivity contribution is -0.561. The smallest absolute Gasteiger partial charge is 0.320 e. The van der Waals surface area contributed by atoms with Gasteiger partial charge in [-0.2, -0.15) is 0 Å². The van der Waals surface area contributed by atoms with Gasteiger partial charge in [0.05, 0.1) is 0 Å². The van der Waals surface area contributed by atoms with E-state index in [0.29, 0.717) is 0 Å². The Bertz CT molecular complexity index is 215. The number of aliphatic carboxylic acids is 1. The Kier molecular flexibility index (Phi) is 3.80. The predicted molar refractivity (Wildman–Crippen MR) is 45.9 cm³/mol. The molecule has 13 heavy (non-hydrogen) atoms. The van der Waals surface area contributed by atoms with E-state index < -0.39 is 22.5 Å². The van der Waals surface area contributed by atoms with Crippen LogP contribution in [0.25, 0.3) is 0 Å². The Morgan fingerprint density at radius 1 is 1.69 bits per heavy atom. The van der Waals surface area contributed by atoms with Gasteiger partial charge >= 0.3 is 5.97 Å². The summed E-state index contributed by atoms with van der Waals surface area (Å²) in [7, 11) is 0. The van der Waals surface area contributed by atoms with Crippen molar-refractivity contribution in [2.24, 2.45) is 5.73 Å². The number of carbonyl (C=O) groups is 1. The first-order valence-electron chi connectivity index (χ1n) is 3.90. The zero-order valence-electron chi connectivity index (χ0n) is 7.69. The normalized spacial score (nSPS) is 13.8. The van der Waals surface area contributed by atoms with E-state index in [1.165, 1.54) is 13.8 Å². The highest BCUT2D eigenvalue weighted by atomic mass is 16.6. The van der Waals surface area contributed by atoms with Crippen LogP contribution in [-0.2, 0) is 4.79 Å². The van der Waals surface area contributed by atoms with E-state index in [4.69, 9.17) is 10.8 Å². The average Bonchev–Trinajstić information content (AvgIpc) is 1.99. The fraction of sp³-hybridized carbons (Fsp3) is 0.857. The minimum atomic E-state index is -1.13. The lowest BCUT2D eigenvalue weighted by Crippen LogP contribution is -2.36. The number of nitrogens with two attached hydrogens (primary N) is 1. The van der Waals surface area contributed by atoms with Crippen molar-refractivity contribution in [1.29, 1.82) is 0 Å². The van der Waals surface area contributed by atoms with E-state index in [1.54, 1.807) is 0 Å². The summed E-state index contributed by atoms with van der Waals surface area (Å²) < 4.78 is 0. The van der Waals surface area contributed by atoms with Crippen molar-refractivity contribution in [1.82, 2.24) is 0 Å². The van der Waals surface area contributed by atoms with Crippen LogP contribution in [0.1, 0.15) is 26.7 Å². The number of carboxylic acids is 1. The molecule has 0 radical (unpaired) electrons. The zero-order valence-corrected chi connectivity index (χ0v) is 7.69. The molecule has 1 unspecified atom stereocenters. The largest absolute Gasteiger partial charge is 0.480 e. The summed E-state index contributed by atoms with van der Waals surface area (Å²) in [5.41, 5.74) is 4.10. The van der Waals surface area contributed by atoms with Crippen molar-refractivity contribution < 1.29 is 14.8 Å². The second-order valence-electron chi connectivity index (χ2n) is 3.55. The van der Waals surface area contributed by atoms with Gasteiger partial charge in [-0.25, -0.2) is 0 Å². The summed E-state index contributed by atoms with van der Waals surface area (Å²) in [5, 5.41) is 18.8. The van der Waals surface area contributed by atoms with Crippen LogP contribution in [0.4, 0.5) is 0 Å². The Morgan fingerprint density at radius 2 is 2.15 bits per heavy atom. The molecule has 3 N–H and O–H groups in total. The summed E-state index contributed by atoms with van der Waals surface area (Å²) in [5.74, 6) is -1.13. The quantitative estimate of drug-likeness (QED) is 0.476. The van der Waals surface area contributed by atoms with E-state index in [2.05, 4.69) is 0 Å². The molecule has 0 aromatic carbocycles. The van der Waals surface area contributed by atoms with Gasteiger partial charge in [0.25, 0.3) is 0 Å². The van der Waals surface area contributed by atoms with E-state index in [9.17, 15) is 14.9 Å². The highest BCUT2D eigenvalue weighted by Crippen LogP contribution is 2.16. The molecule has 0 spiro atoms. The monoisotopic (exact) mass is 190 g/mol. The molecule has 0 aliphatic heterocycles. The van der Waals surface area contributed by atoms with E-state index in [0.717, 1.165) is 0 Å². The van der Waals surface area contributed by atoms with Crippen LogP contribution in [0.2, 0.25) is 0 Å². The standard InChI is InChI=1S/C7H14N2O4/c1-7(2,9(12)13)4-3-5(8)6(10)11/h5H,3-4,8H2,1-2H3,(H,10,11). The molecule has 0 amide bonds.